The lowest BCUT2D eigenvalue weighted by atomic mass is 9.91. The number of nitrogens with zero attached hydrogens (tertiary/aromatic N) is 2. The molecule has 0 radical (unpaired) electrons. The lowest BCUT2D eigenvalue weighted by Gasteiger charge is -2.29. The van der Waals surface area contributed by atoms with Crippen molar-refractivity contribution in [3.8, 4) is 11.3 Å². The number of hydrogen-bond acceptors (Lipinski definition) is 6. The zero-order valence-electron chi connectivity index (χ0n) is 15.9. The van der Waals surface area contributed by atoms with Crippen LogP contribution in [0.15, 0.2) is 30.5 Å². The molecule has 0 aliphatic heterocycles. The number of carbonyl (C=O) groups is 2. The fourth-order valence-corrected chi connectivity index (χ4v) is 3.40. The van der Waals surface area contributed by atoms with Crippen molar-refractivity contribution in [2.75, 3.05) is 12.4 Å². The van der Waals surface area contributed by atoms with Crippen LogP contribution in [0.25, 0.3) is 11.3 Å². The molecule has 0 unspecified atom stereocenters. The van der Waals surface area contributed by atoms with Crippen molar-refractivity contribution in [2.24, 2.45) is 0 Å². The summed E-state index contributed by atoms with van der Waals surface area (Å²) in [4.78, 5) is 31.2. The van der Waals surface area contributed by atoms with Gasteiger partial charge >= 0.3 is 5.97 Å². The van der Waals surface area contributed by atoms with Crippen LogP contribution < -0.4 is 10.6 Å². The van der Waals surface area contributed by atoms with E-state index in [1.165, 1.54) is 14.0 Å². The number of aromatic nitrogens is 2. The molecule has 1 aromatic heterocycles. The molecule has 7 nitrogen and oxygen atoms in total. The highest BCUT2D eigenvalue weighted by Gasteiger charge is 2.22. The molecule has 8 heteroatoms. The van der Waals surface area contributed by atoms with Gasteiger partial charge in [-0.3, -0.25) is 4.79 Å². The van der Waals surface area contributed by atoms with Gasteiger partial charge in [-0.2, -0.15) is 0 Å². The van der Waals surface area contributed by atoms with Gasteiger partial charge in [-0.25, -0.2) is 19.2 Å². The maximum Gasteiger partial charge on any atom is 0.337 e. The molecule has 28 heavy (non-hydrogen) atoms. The first kappa shape index (κ1) is 19.7. The summed E-state index contributed by atoms with van der Waals surface area (Å²) in [6.45, 7) is 1.52. The average molecular weight is 386 g/mol. The summed E-state index contributed by atoms with van der Waals surface area (Å²) < 4.78 is 19.0. The second-order valence-electron chi connectivity index (χ2n) is 6.86. The zero-order chi connectivity index (χ0) is 20.1. The summed E-state index contributed by atoms with van der Waals surface area (Å²) in [5.41, 5.74) is 0.916. The van der Waals surface area contributed by atoms with Crippen molar-refractivity contribution in [2.45, 2.75) is 44.7 Å². The van der Waals surface area contributed by atoms with Crippen molar-refractivity contribution >= 4 is 17.8 Å². The van der Waals surface area contributed by atoms with Gasteiger partial charge in [0.15, 0.2) is 5.82 Å². The van der Waals surface area contributed by atoms with Gasteiger partial charge in [0.25, 0.3) is 0 Å². The molecule has 1 aliphatic rings. The number of benzene rings is 1. The average Bonchev–Trinajstić information content (AvgIpc) is 2.70. The Morgan fingerprint density at radius 2 is 1.89 bits per heavy atom. The topological polar surface area (TPSA) is 93.2 Å². The summed E-state index contributed by atoms with van der Waals surface area (Å²) in [5.74, 6) is -0.743. The van der Waals surface area contributed by atoms with Crippen molar-refractivity contribution in [3.63, 3.8) is 0 Å². The monoisotopic (exact) mass is 386 g/mol. The Hall–Kier alpha value is -3.03. The summed E-state index contributed by atoms with van der Waals surface area (Å²) in [7, 11) is 1.29. The van der Waals surface area contributed by atoms with Gasteiger partial charge in [0, 0.05) is 24.6 Å². The molecule has 3 rings (SSSR count). The van der Waals surface area contributed by atoms with E-state index in [9.17, 15) is 14.0 Å². The van der Waals surface area contributed by atoms with Gasteiger partial charge in [0.05, 0.1) is 18.9 Å². The lowest BCUT2D eigenvalue weighted by molar-refractivity contribution is -0.119. The Kier molecular flexibility index (Phi) is 6.18. The minimum Gasteiger partial charge on any atom is -0.465 e. The second kappa shape index (κ2) is 8.77. The third-order valence-electron chi connectivity index (χ3n) is 4.77. The molecule has 2 aromatic rings. The smallest absolute Gasteiger partial charge is 0.337 e. The van der Waals surface area contributed by atoms with Crippen LogP contribution in [0.3, 0.4) is 0 Å². The fraction of sp³-hybridized carbons (Fsp3) is 0.400. The number of esters is 1. The molecule has 1 amide bonds. The Morgan fingerprint density at radius 3 is 2.57 bits per heavy atom. The molecule has 1 aromatic carbocycles. The number of amides is 1. The Labute approximate surface area is 162 Å². The van der Waals surface area contributed by atoms with Crippen molar-refractivity contribution < 1.29 is 18.7 Å². The first-order valence-electron chi connectivity index (χ1n) is 9.21. The van der Waals surface area contributed by atoms with E-state index < -0.39 is 11.8 Å². The zero-order valence-corrected chi connectivity index (χ0v) is 15.9. The number of methoxy groups -OCH3 is 1. The molecular formula is C20H23FN4O3. The van der Waals surface area contributed by atoms with Crippen LogP contribution in [-0.4, -0.2) is 41.0 Å². The summed E-state index contributed by atoms with van der Waals surface area (Å²) >= 11 is 0. The number of rotatable bonds is 5. The number of anilines is 1. The Morgan fingerprint density at radius 1 is 1.18 bits per heavy atom. The normalized spacial score (nSPS) is 19.0. The van der Waals surface area contributed by atoms with Gasteiger partial charge < -0.3 is 15.4 Å². The van der Waals surface area contributed by atoms with Crippen LogP contribution in [0.1, 0.15) is 43.0 Å². The molecule has 0 spiro atoms. The van der Waals surface area contributed by atoms with Crippen LogP contribution in [-0.2, 0) is 9.53 Å². The van der Waals surface area contributed by atoms with E-state index in [-0.39, 0.29) is 23.7 Å². The van der Waals surface area contributed by atoms with Crippen LogP contribution in [0.2, 0.25) is 0 Å². The number of ether oxygens (including phenoxy) is 1. The summed E-state index contributed by atoms with van der Waals surface area (Å²) in [6.07, 6.45) is 4.58. The van der Waals surface area contributed by atoms with E-state index in [1.54, 1.807) is 24.3 Å². The molecule has 1 heterocycles. The van der Waals surface area contributed by atoms with Crippen LogP contribution in [0.5, 0.6) is 0 Å². The highest BCUT2D eigenvalue weighted by atomic mass is 19.1. The number of nitrogens with one attached hydrogen (secondary N) is 2. The maximum atomic E-state index is 14.3. The summed E-state index contributed by atoms with van der Waals surface area (Å²) in [5, 5.41) is 6.19. The molecule has 0 atom stereocenters. The summed E-state index contributed by atoms with van der Waals surface area (Å²) in [6, 6.07) is 6.83. The fourth-order valence-electron chi connectivity index (χ4n) is 3.40. The van der Waals surface area contributed by atoms with E-state index >= 15 is 0 Å². The van der Waals surface area contributed by atoms with Crippen LogP contribution >= 0.6 is 0 Å². The lowest BCUT2D eigenvalue weighted by Crippen LogP contribution is -2.39. The molecule has 1 fully saturated rings. The quantitative estimate of drug-likeness (QED) is 0.768. The van der Waals surface area contributed by atoms with E-state index in [1.807, 2.05) is 0 Å². The van der Waals surface area contributed by atoms with E-state index in [0.29, 0.717) is 17.1 Å². The van der Waals surface area contributed by atoms with E-state index in [2.05, 4.69) is 20.6 Å². The SMILES string of the molecule is COC(=O)c1cccc(-c2nc(N[C@H]3CC[C@H](NC(C)=O)CC3)ncc2F)c1. The Bertz CT molecular complexity index is 866. The highest BCUT2D eigenvalue weighted by molar-refractivity contribution is 5.90. The molecule has 0 saturated heterocycles. The molecule has 2 N–H and O–H groups in total. The molecule has 1 aliphatic carbocycles. The van der Waals surface area contributed by atoms with Crippen molar-refractivity contribution in [3.05, 3.63) is 41.8 Å². The molecule has 148 valence electrons. The predicted molar refractivity (Wildman–Crippen MR) is 102 cm³/mol. The first-order valence-corrected chi connectivity index (χ1v) is 9.21. The number of carbonyl (C=O) groups excluding carboxylic acids is 2. The van der Waals surface area contributed by atoms with Gasteiger partial charge in [-0.1, -0.05) is 12.1 Å². The molecule has 1 saturated carbocycles. The van der Waals surface area contributed by atoms with Crippen LogP contribution in [0.4, 0.5) is 10.3 Å². The second-order valence-corrected chi connectivity index (χ2v) is 6.86. The third kappa shape index (κ3) is 4.82. The minimum atomic E-state index is -0.568. The first-order chi connectivity index (χ1) is 13.5. The van der Waals surface area contributed by atoms with Crippen molar-refractivity contribution in [1.29, 1.82) is 0 Å². The minimum absolute atomic E-state index is 0.0166. The standard InChI is InChI=1S/C20H23FN4O3/c1-12(26)23-15-6-8-16(9-7-15)24-20-22-11-17(21)18(25-20)13-4-3-5-14(10-13)19(27)28-2/h3-5,10-11,15-16H,6-9H2,1-2H3,(H,23,26)(H,22,24,25)/t15-,16-. The maximum absolute atomic E-state index is 14.3. The predicted octanol–water partition coefficient (Wildman–Crippen LogP) is 2.93. The van der Waals surface area contributed by atoms with E-state index in [4.69, 9.17) is 4.74 Å². The van der Waals surface area contributed by atoms with E-state index in [0.717, 1.165) is 31.9 Å². The number of hydrogen-bond donors (Lipinski definition) is 2. The van der Waals surface area contributed by atoms with Crippen LogP contribution in [0, 0.1) is 5.82 Å². The number of halogens is 1. The molecular weight excluding hydrogens is 363 g/mol. The molecule has 0 bridgehead atoms. The van der Waals surface area contributed by atoms with Gasteiger partial charge in [-0.05, 0) is 37.8 Å². The Balaban J connectivity index is 1.72. The van der Waals surface area contributed by atoms with Crippen molar-refractivity contribution in [1.82, 2.24) is 15.3 Å². The largest absolute Gasteiger partial charge is 0.465 e. The highest BCUT2D eigenvalue weighted by Crippen LogP contribution is 2.25. The third-order valence-corrected chi connectivity index (χ3v) is 4.77. The van der Waals surface area contributed by atoms with Gasteiger partial charge in [-0.15, -0.1) is 0 Å². The van der Waals surface area contributed by atoms with Gasteiger partial charge in [0.2, 0.25) is 11.9 Å². The van der Waals surface area contributed by atoms with Gasteiger partial charge in [0.1, 0.15) is 5.69 Å².